The molecular formula is C22H32N4O3. The lowest BCUT2D eigenvalue weighted by Gasteiger charge is -2.31. The van der Waals surface area contributed by atoms with Crippen LogP contribution in [0.25, 0.3) is 0 Å². The molecular weight excluding hydrogens is 368 g/mol. The first kappa shape index (κ1) is 21.3. The lowest BCUT2D eigenvalue weighted by atomic mass is 9.75. The number of nitrogens with zero attached hydrogens (tertiary/aromatic N) is 3. The van der Waals surface area contributed by atoms with Crippen molar-refractivity contribution < 1.29 is 14.1 Å². The van der Waals surface area contributed by atoms with E-state index >= 15 is 0 Å². The first-order valence-corrected chi connectivity index (χ1v) is 10.4. The number of fused-ring (bicyclic) bond motifs is 1. The summed E-state index contributed by atoms with van der Waals surface area (Å²) in [6.07, 6.45) is 2.19. The van der Waals surface area contributed by atoms with E-state index in [2.05, 4.69) is 47.7 Å². The van der Waals surface area contributed by atoms with Gasteiger partial charge in [0.1, 0.15) is 6.04 Å². The summed E-state index contributed by atoms with van der Waals surface area (Å²) in [7, 11) is 0. The third kappa shape index (κ3) is 4.14. The Balaban J connectivity index is 1.87. The van der Waals surface area contributed by atoms with Gasteiger partial charge in [0.25, 0.3) is 0 Å². The van der Waals surface area contributed by atoms with Crippen LogP contribution in [-0.4, -0.2) is 26.4 Å². The minimum absolute atomic E-state index is 0.0650. The molecule has 2 aromatic rings. The Morgan fingerprint density at radius 2 is 1.97 bits per heavy atom. The number of aryl methyl sites for hydroxylation is 1. The number of carbonyl (C=O) groups excluding carboxylic acids is 2. The van der Waals surface area contributed by atoms with Crippen molar-refractivity contribution in [1.82, 2.24) is 20.0 Å². The molecule has 7 heteroatoms. The van der Waals surface area contributed by atoms with Crippen LogP contribution in [0, 0.1) is 12.3 Å². The fraction of sp³-hybridized carbons (Fsp3) is 0.636. The maximum absolute atomic E-state index is 13.0. The molecule has 0 aromatic carbocycles. The zero-order valence-corrected chi connectivity index (χ0v) is 18.5. The van der Waals surface area contributed by atoms with Crippen molar-refractivity contribution in [2.45, 2.75) is 86.2 Å². The molecule has 7 nitrogen and oxygen atoms in total. The molecule has 0 radical (unpaired) electrons. The van der Waals surface area contributed by atoms with Crippen molar-refractivity contribution >= 4 is 11.7 Å². The van der Waals surface area contributed by atoms with Crippen LogP contribution in [0.4, 0.5) is 0 Å². The summed E-state index contributed by atoms with van der Waals surface area (Å²) in [6.45, 7) is 14.3. The van der Waals surface area contributed by atoms with Gasteiger partial charge in [0.2, 0.25) is 11.8 Å². The van der Waals surface area contributed by atoms with E-state index in [1.807, 2.05) is 20.8 Å². The first-order valence-electron chi connectivity index (χ1n) is 10.4. The first-order chi connectivity index (χ1) is 13.5. The van der Waals surface area contributed by atoms with Gasteiger partial charge in [0.05, 0.1) is 6.42 Å². The Bertz CT molecular complexity index is 936. The Morgan fingerprint density at radius 3 is 2.55 bits per heavy atom. The number of amides is 1. The minimum Gasteiger partial charge on any atom is -0.345 e. The largest absolute Gasteiger partial charge is 0.345 e. The van der Waals surface area contributed by atoms with Crippen molar-refractivity contribution in [2.75, 3.05) is 0 Å². The maximum atomic E-state index is 13.0. The van der Waals surface area contributed by atoms with Gasteiger partial charge in [-0.2, -0.15) is 4.98 Å². The van der Waals surface area contributed by atoms with Gasteiger partial charge >= 0.3 is 0 Å². The third-order valence-electron chi connectivity index (χ3n) is 5.64. The normalized spacial score (nSPS) is 16.8. The highest BCUT2D eigenvalue weighted by Gasteiger charge is 2.37. The van der Waals surface area contributed by atoms with Gasteiger partial charge in [0, 0.05) is 35.8 Å². The van der Waals surface area contributed by atoms with Crippen LogP contribution in [0.1, 0.15) is 99.1 Å². The Hall–Kier alpha value is -2.44. The summed E-state index contributed by atoms with van der Waals surface area (Å²) < 4.78 is 7.45. The van der Waals surface area contributed by atoms with E-state index in [0.717, 1.165) is 28.9 Å². The summed E-state index contributed by atoms with van der Waals surface area (Å²) in [4.78, 5) is 30.1. The van der Waals surface area contributed by atoms with E-state index in [1.165, 1.54) is 0 Å². The van der Waals surface area contributed by atoms with E-state index in [1.54, 1.807) is 0 Å². The van der Waals surface area contributed by atoms with Gasteiger partial charge in [0.15, 0.2) is 11.6 Å². The van der Waals surface area contributed by atoms with Crippen LogP contribution in [0.5, 0.6) is 0 Å². The molecule has 1 aliphatic rings. The van der Waals surface area contributed by atoms with Crippen LogP contribution in [0.15, 0.2) is 4.52 Å². The maximum Gasteiger partial charge on any atom is 0.248 e. The van der Waals surface area contributed by atoms with E-state index in [4.69, 9.17) is 4.52 Å². The van der Waals surface area contributed by atoms with Crippen molar-refractivity contribution in [3.05, 3.63) is 34.2 Å². The zero-order chi connectivity index (χ0) is 21.5. The second kappa shape index (κ2) is 7.76. The summed E-state index contributed by atoms with van der Waals surface area (Å²) in [5.41, 5.74) is 3.61. The molecule has 0 aliphatic heterocycles. The molecule has 158 valence electrons. The second-order valence-corrected chi connectivity index (χ2v) is 9.16. The highest BCUT2D eigenvalue weighted by molar-refractivity contribution is 6.01. The van der Waals surface area contributed by atoms with Crippen molar-refractivity contribution in [3.63, 3.8) is 0 Å². The van der Waals surface area contributed by atoms with Crippen molar-refractivity contribution in [1.29, 1.82) is 0 Å². The second-order valence-electron chi connectivity index (χ2n) is 9.16. The summed E-state index contributed by atoms with van der Waals surface area (Å²) in [5, 5.41) is 6.81. The highest BCUT2D eigenvalue weighted by Crippen LogP contribution is 2.40. The number of hydrogen-bond acceptors (Lipinski definition) is 5. The molecule has 0 saturated heterocycles. The van der Waals surface area contributed by atoms with E-state index in [0.29, 0.717) is 24.6 Å². The number of Topliss-reactive ketones (excluding diaryl/α,β-unsaturated/α-hetero) is 1. The molecule has 1 atom stereocenters. The van der Waals surface area contributed by atoms with Gasteiger partial charge in [-0.05, 0) is 45.1 Å². The molecule has 2 aromatic heterocycles. The molecule has 1 amide bonds. The van der Waals surface area contributed by atoms with Gasteiger partial charge in [-0.25, -0.2) is 0 Å². The van der Waals surface area contributed by atoms with Gasteiger partial charge in [-0.15, -0.1) is 0 Å². The molecule has 0 spiro atoms. The zero-order valence-electron chi connectivity index (χ0n) is 18.5. The molecule has 1 aliphatic carbocycles. The SMILES string of the molecule is CCc1noc([C@H](C)NC(=O)Cc2c3c(n(C(C)C)c2C)CC(C)(C)CC3=O)n1. The fourth-order valence-corrected chi connectivity index (χ4v) is 4.38. The molecule has 0 saturated carbocycles. The van der Waals surface area contributed by atoms with E-state index < -0.39 is 0 Å². The molecule has 0 fully saturated rings. The van der Waals surface area contributed by atoms with Crippen LogP contribution in [-0.2, 0) is 24.1 Å². The average molecular weight is 401 g/mol. The molecule has 0 unspecified atom stereocenters. The number of carbonyl (C=O) groups is 2. The molecule has 0 bridgehead atoms. The van der Waals surface area contributed by atoms with Gasteiger partial charge < -0.3 is 14.4 Å². The molecule has 2 heterocycles. The topological polar surface area (TPSA) is 90.0 Å². The summed E-state index contributed by atoms with van der Waals surface area (Å²) >= 11 is 0. The predicted octanol–water partition coefficient (Wildman–Crippen LogP) is 3.90. The minimum atomic E-state index is -0.381. The third-order valence-corrected chi connectivity index (χ3v) is 5.64. The lowest BCUT2D eigenvalue weighted by Crippen LogP contribution is -2.30. The van der Waals surface area contributed by atoms with E-state index in [9.17, 15) is 9.59 Å². The van der Waals surface area contributed by atoms with Crippen molar-refractivity contribution in [2.24, 2.45) is 5.41 Å². The number of hydrogen-bond donors (Lipinski definition) is 1. The summed E-state index contributed by atoms with van der Waals surface area (Å²) in [6, 6.07) is -0.153. The van der Waals surface area contributed by atoms with Crippen LogP contribution in [0.2, 0.25) is 0 Å². The smallest absolute Gasteiger partial charge is 0.248 e. The highest BCUT2D eigenvalue weighted by atomic mass is 16.5. The van der Waals surface area contributed by atoms with Gasteiger partial charge in [-0.1, -0.05) is 25.9 Å². The molecule has 29 heavy (non-hydrogen) atoms. The van der Waals surface area contributed by atoms with Gasteiger partial charge in [-0.3, -0.25) is 9.59 Å². The molecule has 3 rings (SSSR count). The van der Waals surface area contributed by atoms with Crippen molar-refractivity contribution in [3.8, 4) is 0 Å². The average Bonchev–Trinajstić information content (AvgIpc) is 3.17. The van der Waals surface area contributed by atoms with E-state index in [-0.39, 0.29) is 35.6 Å². The number of rotatable bonds is 6. The number of aromatic nitrogens is 3. The number of nitrogens with one attached hydrogen (secondary N) is 1. The lowest BCUT2D eigenvalue weighted by molar-refractivity contribution is -0.121. The number of ketones is 1. The molecule has 1 N–H and O–H groups in total. The summed E-state index contributed by atoms with van der Waals surface area (Å²) in [5.74, 6) is 0.997. The predicted molar refractivity (Wildman–Crippen MR) is 110 cm³/mol. The standard InChI is InChI=1S/C22H32N4O3/c1-8-18-24-21(29-25-18)13(4)23-19(28)9-15-14(5)26(12(2)3)16-10-22(6,7)11-17(27)20(15)16/h12-13H,8-11H2,1-7H3,(H,23,28)/t13-/m0/s1. The van der Waals surface area contributed by atoms with Crippen LogP contribution < -0.4 is 5.32 Å². The fourth-order valence-electron chi connectivity index (χ4n) is 4.38. The Labute approximate surface area is 172 Å². The Morgan fingerprint density at radius 1 is 1.28 bits per heavy atom. The van der Waals surface area contributed by atoms with Crippen LogP contribution in [0.3, 0.4) is 0 Å². The quantitative estimate of drug-likeness (QED) is 0.794. The monoisotopic (exact) mass is 400 g/mol. The van der Waals surface area contributed by atoms with Crippen LogP contribution >= 0.6 is 0 Å². The Kier molecular flexibility index (Phi) is 5.70.